The zero-order valence-corrected chi connectivity index (χ0v) is 14.5. The van der Waals surface area contributed by atoms with Crippen molar-refractivity contribution in [3.8, 4) is 5.69 Å². The SMILES string of the molecule is Cc1nn(-c2ccccc2)c(Cl)c1/C=C1\C(=O)N(C)C(=S)N1C. The molecule has 0 aliphatic carbocycles. The molecule has 2 heterocycles. The minimum atomic E-state index is -0.152. The number of hydrogen-bond donors (Lipinski definition) is 0. The molecule has 0 spiro atoms. The Morgan fingerprint density at radius 1 is 1.17 bits per heavy atom. The molecule has 1 saturated heterocycles. The summed E-state index contributed by atoms with van der Waals surface area (Å²) in [5.74, 6) is -0.152. The lowest BCUT2D eigenvalue weighted by Gasteiger charge is -2.11. The monoisotopic (exact) mass is 346 g/mol. The average molecular weight is 347 g/mol. The second kappa shape index (κ2) is 5.79. The van der Waals surface area contributed by atoms with Gasteiger partial charge in [-0.05, 0) is 37.4 Å². The van der Waals surface area contributed by atoms with E-state index in [1.165, 1.54) is 4.90 Å². The largest absolute Gasteiger partial charge is 0.317 e. The molecule has 1 aliphatic rings. The predicted octanol–water partition coefficient (Wildman–Crippen LogP) is 2.86. The maximum absolute atomic E-state index is 12.3. The number of likely N-dealkylation sites (N-methyl/N-ethyl adjacent to an activating group) is 2. The number of benzene rings is 1. The Labute approximate surface area is 144 Å². The first-order valence-corrected chi connectivity index (χ1v) is 7.78. The topological polar surface area (TPSA) is 41.4 Å². The van der Waals surface area contributed by atoms with Crippen molar-refractivity contribution in [1.82, 2.24) is 19.6 Å². The minimum absolute atomic E-state index is 0.152. The van der Waals surface area contributed by atoms with Gasteiger partial charge < -0.3 is 4.90 Å². The summed E-state index contributed by atoms with van der Waals surface area (Å²) in [6.45, 7) is 1.86. The fourth-order valence-electron chi connectivity index (χ4n) is 2.44. The lowest BCUT2D eigenvalue weighted by atomic mass is 10.2. The van der Waals surface area contributed by atoms with Crippen LogP contribution in [0, 0.1) is 6.92 Å². The Kier molecular flexibility index (Phi) is 3.95. The second-order valence-corrected chi connectivity index (χ2v) is 6.00. The zero-order chi connectivity index (χ0) is 16.7. The molecule has 0 atom stereocenters. The van der Waals surface area contributed by atoms with Gasteiger partial charge in [-0.15, -0.1) is 0 Å². The average Bonchev–Trinajstić information content (AvgIpc) is 2.93. The van der Waals surface area contributed by atoms with Crippen LogP contribution in [0.3, 0.4) is 0 Å². The van der Waals surface area contributed by atoms with E-state index in [9.17, 15) is 4.79 Å². The molecule has 1 aromatic carbocycles. The summed E-state index contributed by atoms with van der Waals surface area (Å²) < 4.78 is 1.66. The smallest absolute Gasteiger partial charge is 0.276 e. The number of carbonyl (C=O) groups excluding carboxylic acids is 1. The van der Waals surface area contributed by atoms with Gasteiger partial charge in [-0.2, -0.15) is 5.10 Å². The van der Waals surface area contributed by atoms with Gasteiger partial charge in [0.05, 0.1) is 11.4 Å². The van der Waals surface area contributed by atoms with Crippen LogP contribution < -0.4 is 0 Å². The summed E-state index contributed by atoms with van der Waals surface area (Å²) in [5, 5.41) is 5.40. The number of halogens is 1. The van der Waals surface area contributed by atoms with E-state index in [0.29, 0.717) is 21.5 Å². The molecule has 0 bridgehead atoms. The van der Waals surface area contributed by atoms with Crippen LogP contribution in [0.5, 0.6) is 0 Å². The molecule has 23 heavy (non-hydrogen) atoms. The minimum Gasteiger partial charge on any atom is -0.317 e. The Bertz CT molecular complexity index is 828. The first-order chi connectivity index (χ1) is 10.9. The number of thiocarbonyl (C=S) groups is 1. The third kappa shape index (κ3) is 2.54. The summed E-state index contributed by atoms with van der Waals surface area (Å²) in [7, 11) is 3.42. The number of amides is 1. The Morgan fingerprint density at radius 2 is 1.83 bits per heavy atom. The molecule has 1 aromatic heterocycles. The van der Waals surface area contributed by atoms with Crippen molar-refractivity contribution in [2.45, 2.75) is 6.92 Å². The third-order valence-corrected chi connectivity index (χ3v) is 4.70. The molecule has 7 heteroatoms. The molecular formula is C16H15ClN4OS. The summed E-state index contributed by atoms with van der Waals surface area (Å²) in [6.07, 6.45) is 1.74. The molecule has 1 amide bonds. The van der Waals surface area contributed by atoms with E-state index >= 15 is 0 Å². The molecule has 1 aliphatic heterocycles. The van der Waals surface area contributed by atoms with Crippen LogP contribution in [0.25, 0.3) is 11.8 Å². The van der Waals surface area contributed by atoms with Gasteiger partial charge in [0, 0.05) is 19.7 Å². The maximum atomic E-state index is 12.3. The molecule has 0 N–H and O–H groups in total. The van der Waals surface area contributed by atoms with Crippen LogP contribution in [0.1, 0.15) is 11.3 Å². The molecule has 0 radical (unpaired) electrons. The van der Waals surface area contributed by atoms with Gasteiger partial charge in [0.2, 0.25) is 0 Å². The van der Waals surface area contributed by atoms with Gasteiger partial charge in [0.15, 0.2) is 5.11 Å². The quantitative estimate of drug-likeness (QED) is 0.619. The molecular weight excluding hydrogens is 332 g/mol. The van der Waals surface area contributed by atoms with E-state index in [-0.39, 0.29) is 5.91 Å². The van der Waals surface area contributed by atoms with Gasteiger partial charge in [0.25, 0.3) is 5.91 Å². The van der Waals surface area contributed by atoms with E-state index in [1.807, 2.05) is 37.3 Å². The summed E-state index contributed by atoms with van der Waals surface area (Å²) in [6, 6.07) is 9.61. The van der Waals surface area contributed by atoms with Crippen molar-refractivity contribution in [1.29, 1.82) is 0 Å². The standard InChI is InChI=1S/C16H15ClN4OS/c1-10-12(9-13-15(22)20(3)16(23)19(13)2)14(17)21(18-10)11-7-5-4-6-8-11/h4-9H,1-3H3/b13-9+. The van der Waals surface area contributed by atoms with Crippen molar-refractivity contribution >= 4 is 40.9 Å². The second-order valence-electron chi connectivity index (χ2n) is 5.27. The summed E-state index contributed by atoms with van der Waals surface area (Å²) >= 11 is 11.7. The number of aryl methyl sites for hydroxylation is 1. The molecule has 1 fully saturated rings. The van der Waals surface area contributed by atoms with E-state index < -0.39 is 0 Å². The van der Waals surface area contributed by atoms with Crippen LogP contribution in [-0.2, 0) is 4.79 Å². The lowest BCUT2D eigenvalue weighted by molar-refractivity contribution is -0.121. The lowest BCUT2D eigenvalue weighted by Crippen LogP contribution is -2.26. The highest BCUT2D eigenvalue weighted by molar-refractivity contribution is 7.80. The van der Waals surface area contributed by atoms with E-state index in [1.54, 1.807) is 29.8 Å². The molecule has 118 valence electrons. The number of carbonyl (C=O) groups is 1. The van der Waals surface area contributed by atoms with Gasteiger partial charge >= 0.3 is 0 Å². The van der Waals surface area contributed by atoms with Crippen molar-refractivity contribution in [3.05, 3.63) is 52.4 Å². The number of rotatable bonds is 2. The molecule has 0 unspecified atom stereocenters. The molecule has 2 aromatic rings. The fraction of sp³-hybridized carbons (Fsp3) is 0.188. The van der Waals surface area contributed by atoms with Crippen molar-refractivity contribution < 1.29 is 4.79 Å². The Balaban J connectivity index is 2.09. The Hall–Kier alpha value is -2.18. The zero-order valence-electron chi connectivity index (χ0n) is 12.9. The van der Waals surface area contributed by atoms with Crippen molar-refractivity contribution in [2.75, 3.05) is 14.1 Å². The number of nitrogens with zero attached hydrogens (tertiary/aromatic N) is 4. The fourth-order valence-corrected chi connectivity index (χ4v) is 2.95. The highest BCUT2D eigenvalue weighted by Crippen LogP contribution is 2.28. The van der Waals surface area contributed by atoms with E-state index in [2.05, 4.69) is 5.10 Å². The number of hydrogen-bond acceptors (Lipinski definition) is 3. The van der Waals surface area contributed by atoms with Crippen molar-refractivity contribution in [3.63, 3.8) is 0 Å². The van der Waals surface area contributed by atoms with Crippen molar-refractivity contribution in [2.24, 2.45) is 0 Å². The van der Waals surface area contributed by atoms with Crippen LogP contribution in [0.15, 0.2) is 36.0 Å². The molecule has 0 saturated carbocycles. The summed E-state index contributed by atoms with van der Waals surface area (Å²) in [5.41, 5.74) is 2.80. The third-order valence-electron chi connectivity index (χ3n) is 3.79. The number of para-hydroxylation sites is 1. The van der Waals surface area contributed by atoms with Crippen LogP contribution in [0.2, 0.25) is 5.15 Å². The Morgan fingerprint density at radius 3 is 2.39 bits per heavy atom. The van der Waals surface area contributed by atoms with Gasteiger partial charge in [-0.3, -0.25) is 9.69 Å². The van der Waals surface area contributed by atoms with Gasteiger partial charge in [0.1, 0.15) is 10.9 Å². The van der Waals surface area contributed by atoms with E-state index in [0.717, 1.165) is 11.4 Å². The van der Waals surface area contributed by atoms with Crippen LogP contribution in [0.4, 0.5) is 0 Å². The van der Waals surface area contributed by atoms with Crippen LogP contribution >= 0.6 is 23.8 Å². The highest BCUT2D eigenvalue weighted by atomic mass is 35.5. The van der Waals surface area contributed by atoms with Gasteiger partial charge in [-0.1, -0.05) is 29.8 Å². The first kappa shape index (κ1) is 15.7. The predicted molar refractivity (Wildman–Crippen MR) is 94.4 cm³/mol. The maximum Gasteiger partial charge on any atom is 0.276 e. The summed E-state index contributed by atoms with van der Waals surface area (Å²) in [4.78, 5) is 15.4. The first-order valence-electron chi connectivity index (χ1n) is 6.99. The number of aromatic nitrogens is 2. The van der Waals surface area contributed by atoms with E-state index in [4.69, 9.17) is 23.8 Å². The van der Waals surface area contributed by atoms with Crippen LogP contribution in [-0.4, -0.2) is 44.7 Å². The van der Waals surface area contributed by atoms with Gasteiger partial charge in [-0.25, -0.2) is 4.68 Å². The normalized spacial score (nSPS) is 16.8. The molecule has 5 nitrogen and oxygen atoms in total. The highest BCUT2D eigenvalue weighted by Gasteiger charge is 2.33. The molecule has 3 rings (SSSR count).